The lowest BCUT2D eigenvalue weighted by Gasteiger charge is -2.18. The van der Waals surface area contributed by atoms with Gasteiger partial charge < -0.3 is 24.1 Å². The first kappa shape index (κ1) is 23.7. The summed E-state index contributed by atoms with van der Waals surface area (Å²) in [6.07, 6.45) is 2.43. The Hall–Kier alpha value is -4.71. The first-order chi connectivity index (χ1) is 18.6. The molecule has 6 rings (SSSR count). The van der Waals surface area contributed by atoms with Gasteiger partial charge in [-0.15, -0.1) is 0 Å². The summed E-state index contributed by atoms with van der Waals surface area (Å²) in [6, 6.07) is 31.8. The van der Waals surface area contributed by atoms with Crippen LogP contribution in [-0.4, -0.2) is 17.3 Å². The van der Waals surface area contributed by atoms with Crippen LogP contribution in [0.15, 0.2) is 103 Å². The van der Waals surface area contributed by atoms with Crippen LogP contribution in [0.4, 0.5) is 0 Å². The van der Waals surface area contributed by atoms with Crippen LogP contribution >= 0.6 is 0 Å². The minimum Gasteiger partial charge on any atom is -0.457 e. The quantitative estimate of drug-likeness (QED) is 0.261. The van der Waals surface area contributed by atoms with Gasteiger partial charge in [0.1, 0.15) is 11.5 Å². The number of hydrogen-bond acceptors (Lipinski definition) is 4. The molecule has 1 N–H and O–H groups in total. The van der Waals surface area contributed by atoms with E-state index in [2.05, 4.69) is 34.3 Å². The normalized spacial score (nSPS) is 12.9. The molecule has 1 aromatic heterocycles. The van der Waals surface area contributed by atoms with E-state index >= 15 is 0 Å². The summed E-state index contributed by atoms with van der Waals surface area (Å²) in [5, 5.41) is 4.23. The van der Waals surface area contributed by atoms with E-state index in [0.717, 1.165) is 44.8 Å². The van der Waals surface area contributed by atoms with E-state index in [-0.39, 0.29) is 18.6 Å². The minimum atomic E-state index is -0.155. The van der Waals surface area contributed by atoms with Gasteiger partial charge in [-0.3, -0.25) is 4.79 Å². The number of carbonyl (C=O) groups is 1. The second kappa shape index (κ2) is 10.3. The molecular formula is C32H28N2O4. The van der Waals surface area contributed by atoms with Crippen LogP contribution in [0.3, 0.4) is 0 Å². The second-order valence-corrected chi connectivity index (χ2v) is 9.42. The number of aromatic nitrogens is 1. The Morgan fingerprint density at radius 3 is 2.58 bits per heavy atom. The topological polar surface area (TPSA) is 61.7 Å². The molecule has 1 unspecified atom stereocenters. The highest BCUT2D eigenvalue weighted by Gasteiger charge is 2.23. The Labute approximate surface area is 221 Å². The number of hydrogen-bond donors (Lipinski definition) is 1. The molecule has 0 saturated heterocycles. The number of aryl methyl sites for hydroxylation is 1. The van der Waals surface area contributed by atoms with Crippen LogP contribution in [0, 0.1) is 0 Å². The van der Waals surface area contributed by atoms with Crippen molar-refractivity contribution >= 4 is 16.8 Å². The molecule has 6 heteroatoms. The molecule has 5 aromatic rings. The highest BCUT2D eigenvalue weighted by atomic mass is 16.7. The van der Waals surface area contributed by atoms with Gasteiger partial charge in [0.2, 0.25) is 12.7 Å². The van der Waals surface area contributed by atoms with Crippen LogP contribution in [0.25, 0.3) is 10.9 Å². The van der Waals surface area contributed by atoms with Crippen LogP contribution in [0.5, 0.6) is 23.0 Å². The minimum absolute atomic E-state index is 0.0324. The number of benzene rings is 4. The van der Waals surface area contributed by atoms with Crippen molar-refractivity contribution in [3.8, 4) is 23.0 Å². The van der Waals surface area contributed by atoms with Crippen molar-refractivity contribution in [2.24, 2.45) is 7.05 Å². The van der Waals surface area contributed by atoms with Crippen molar-refractivity contribution in [3.05, 3.63) is 120 Å². The predicted octanol–water partition coefficient (Wildman–Crippen LogP) is 6.54. The molecule has 0 saturated carbocycles. The summed E-state index contributed by atoms with van der Waals surface area (Å²) >= 11 is 0. The third-order valence-corrected chi connectivity index (χ3v) is 6.86. The lowest BCUT2D eigenvalue weighted by molar-refractivity contribution is -0.121. The van der Waals surface area contributed by atoms with Crippen molar-refractivity contribution in [2.45, 2.75) is 18.9 Å². The number of para-hydroxylation sites is 2. The van der Waals surface area contributed by atoms with E-state index in [0.29, 0.717) is 18.7 Å². The number of rotatable bonds is 8. The summed E-state index contributed by atoms with van der Waals surface area (Å²) in [7, 11) is 2.04. The number of nitrogens with zero attached hydrogens (tertiary/aromatic N) is 1. The predicted molar refractivity (Wildman–Crippen MR) is 147 cm³/mol. The van der Waals surface area contributed by atoms with Gasteiger partial charge in [0.05, 0.1) is 0 Å². The van der Waals surface area contributed by atoms with Gasteiger partial charge in [0.15, 0.2) is 11.5 Å². The Balaban J connectivity index is 1.28. The zero-order chi connectivity index (χ0) is 25.9. The van der Waals surface area contributed by atoms with Gasteiger partial charge in [0, 0.05) is 43.0 Å². The zero-order valence-corrected chi connectivity index (χ0v) is 21.1. The first-order valence-corrected chi connectivity index (χ1v) is 12.7. The van der Waals surface area contributed by atoms with E-state index in [1.165, 1.54) is 0 Å². The average Bonchev–Trinajstić information content (AvgIpc) is 3.55. The molecule has 0 fully saturated rings. The van der Waals surface area contributed by atoms with Crippen LogP contribution in [0.2, 0.25) is 0 Å². The van der Waals surface area contributed by atoms with Gasteiger partial charge in [0.25, 0.3) is 0 Å². The van der Waals surface area contributed by atoms with Crippen molar-refractivity contribution < 1.29 is 19.0 Å². The highest BCUT2D eigenvalue weighted by molar-refractivity contribution is 5.86. The fourth-order valence-corrected chi connectivity index (χ4v) is 4.99. The molecule has 1 aliphatic heterocycles. The average molecular weight is 505 g/mol. The monoisotopic (exact) mass is 504 g/mol. The molecule has 0 spiro atoms. The SMILES string of the molecule is Cn1cc(C(CC(=O)NCc2ccc3c(c2)OCO3)c2cccc(Oc3ccccc3)c2)c2ccccc21. The van der Waals surface area contributed by atoms with Gasteiger partial charge in [-0.1, -0.05) is 54.6 Å². The molecule has 190 valence electrons. The van der Waals surface area contributed by atoms with Crippen molar-refractivity contribution in [1.29, 1.82) is 0 Å². The Morgan fingerprint density at radius 2 is 1.68 bits per heavy atom. The molecule has 1 amide bonds. The first-order valence-electron chi connectivity index (χ1n) is 12.7. The molecule has 4 aromatic carbocycles. The maximum atomic E-state index is 13.3. The number of carbonyl (C=O) groups excluding carboxylic acids is 1. The van der Waals surface area contributed by atoms with E-state index in [1.807, 2.05) is 85.9 Å². The van der Waals surface area contributed by atoms with E-state index in [9.17, 15) is 4.79 Å². The van der Waals surface area contributed by atoms with Crippen LogP contribution in [0.1, 0.15) is 29.0 Å². The fourth-order valence-electron chi connectivity index (χ4n) is 4.99. The maximum absolute atomic E-state index is 13.3. The van der Waals surface area contributed by atoms with Gasteiger partial charge in [-0.2, -0.15) is 0 Å². The standard InChI is InChI=1S/C32H28N2O4/c1-34-20-28(26-12-5-6-13-29(26)34)27(23-8-7-11-25(17-23)38-24-9-3-2-4-10-24)18-32(35)33-19-22-14-15-30-31(16-22)37-21-36-30/h2-17,20,27H,18-19,21H2,1H3,(H,33,35). The number of ether oxygens (including phenoxy) is 3. The molecule has 1 aliphatic rings. The fraction of sp³-hybridized carbons (Fsp3) is 0.156. The van der Waals surface area contributed by atoms with Gasteiger partial charge in [-0.05, 0) is 59.2 Å². The molecule has 6 nitrogen and oxygen atoms in total. The summed E-state index contributed by atoms with van der Waals surface area (Å²) in [4.78, 5) is 13.3. The number of fused-ring (bicyclic) bond motifs is 2. The molecule has 0 aliphatic carbocycles. The Morgan fingerprint density at radius 1 is 0.895 bits per heavy atom. The molecule has 0 bridgehead atoms. The van der Waals surface area contributed by atoms with Crippen LogP contribution < -0.4 is 19.5 Å². The van der Waals surface area contributed by atoms with E-state index in [4.69, 9.17) is 14.2 Å². The maximum Gasteiger partial charge on any atom is 0.231 e. The number of amides is 1. The molecular weight excluding hydrogens is 476 g/mol. The summed E-state index contributed by atoms with van der Waals surface area (Å²) in [5.41, 5.74) is 4.22. The number of nitrogens with one attached hydrogen (secondary N) is 1. The van der Waals surface area contributed by atoms with E-state index in [1.54, 1.807) is 0 Å². The smallest absolute Gasteiger partial charge is 0.231 e. The summed E-state index contributed by atoms with van der Waals surface area (Å²) in [5.74, 6) is 2.76. The lowest BCUT2D eigenvalue weighted by Crippen LogP contribution is -2.25. The molecule has 1 atom stereocenters. The molecule has 0 radical (unpaired) electrons. The Kier molecular flexibility index (Phi) is 6.44. The van der Waals surface area contributed by atoms with E-state index < -0.39 is 0 Å². The van der Waals surface area contributed by atoms with Gasteiger partial charge in [-0.25, -0.2) is 0 Å². The molecule has 2 heterocycles. The van der Waals surface area contributed by atoms with Crippen molar-refractivity contribution in [3.63, 3.8) is 0 Å². The second-order valence-electron chi connectivity index (χ2n) is 9.42. The summed E-state index contributed by atoms with van der Waals surface area (Å²) in [6.45, 7) is 0.639. The highest BCUT2D eigenvalue weighted by Crippen LogP contribution is 2.37. The third-order valence-electron chi connectivity index (χ3n) is 6.86. The third kappa shape index (κ3) is 4.93. The largest absolute Gasteiger partial charge is 0.457 e. The van der Waals surface area contributed by atoms with Crippen molar-refractivity contribution in [1.82, 2.24) is 9.88 Å². The van der Waals surface area contributed by atoms with Gasteiger partial charge >= 0.3 is 0 Å². The van der Waals surface area contributed by atoms with Crippen LogP contribution in [-0.2, 0) is 18.4 Å². The van der Waals surface area contributed by atoms with Crippen molar-refractivity contribution in [2.75, 3.05) is 6.79 Å². The lowest BCUT2D eigenvalue weighted by atomic mass is 9.88. The summed E-state index contributed by atoms with van der Waals surface area (Å²) < 4.78 is 19.1. The zero-order valence-electron chi connectivity index (χ0n) is 21.1. The Bertz CT molecular complexity index is 1590. The molecule has 38 heavy (non-hydrogen) atoms.